The number of urea groups is 1. The Labute approximate surface area is 182 Å². The lowest BCUT2D eigenvalue weighted by molar-refractivity contribution is 0.102. The summed E-state index contributed by atoms with van der Waals surface area (Å²) in [6, 6.07) is 8.18. The van der Waals surface area contributed by atoms with E-state index in [4.69, 9.17) is 0 Å². The molecular formula is C23H31N5O3. The summed E-state index contributed by atoms with van der Waals surface area (Å²) in [6.45, 7) is 5.32. The number of hydrogen-bond acceptors (Lipinski definition) is 5. The first kappa shape index (κ1) is 21.5. The number of carbonyl (C=O) groups excluding carboxylic acids is 1. The van der Waals surface area contributed by atoms with Crippen LogP contribution in [0.4, 0.5) is 4.79 Å². The van der Waals surface area contributed by atoms with Crippen molar-refractivity contribution in [3.8, 4) is 0 Å². The number of aliphatic hydroxyl groups is 1. The van der Waals surface area contributed by atoms with Crippen LogP contribution in [-0.4, -0.2) is 69.3 Å². The molecule has 166 valence electrons. The fourth-order valence-electron chi connectivity index (χ4n) is 4.57. The van der Waals surface area contributed by atoms with E-state index in [1.165, 1.54) is 11.1 Å². The molecule has 1 saturated heterocycles. The number of nitrogens with one attached hydrogen (secondary N) is 1. The average molecular weight is 426 g/mol. The van der Waals surface area contributed by atoms with Gasteiger partial charge in [-0.15, -0.1) is 0 Å². The van der Waals surface area contributed by atoms with Gasteiger partial charge in [0.2, 0.25) is 0 Å². The van der Waals surface area contributed by atoms with Crippen molar-refractivity contribution in [2.24, 2.45) is 0 Å². The van der Waals surface area contributed by atoms with Gasteiger partial charge in [0.1, 0.15) is 5.69 Å². The van der Waals surface area contributed by atoms with E-state index in [0.717, 1.165) is 32.4 Å². The number of aromatic nitrogens is 2. The summed E-state index contributed by atoms with van der Waals surface area (Å²) in [7, 11) is 0. The lowest BCUT2D eigenvalue weighted by Gasteiger charge is -2.34. The van der Waals surface area contributed by atoms with Gasteiger partial charge in [0.15, 0.2) is 0 Å². The summed E-state index contributed by atoms with van der Waals surface area (Å²) in [5.41, 5.74) is 3.05. The molecule has 0 unspecified atom stereocenters. The first-order chi connectivity index (χ1) is 15.0. The quantitative estimate of drug-likeness (QED) is 0.754. The number of piperidine rings is 1. The molecule has 2 aromatic rings. The second-order valence-corrected chi connectivity index (χ2v) is 8.56. The maximum Gasteiger partial charge on any atom is 0.317 e. The predicted molar refractivity (Wildman–Crippen MR) is 118 cm³/mol. The fraction of sp³-hybridized carbons (Fsp3) is 0.522. The van der Waals surface area contributed by atoms with Crippen LogP contribution < -0.4 is 10.9 Å². The highest BCUT2D eigenvalue weighted by atomic mass is 16.3. The zero-order valence-electron chi connectivity index (χ0n) is 18.0. The third-order valence-electron chi connectivity index (χ3n) is 6.28. The molecule has 2 amide bonds. The van der Waals surface area contributed by atoms with Crippen LogP contribution in [0, 0.1) is 6.92 Å². The number of hydrogen-bond donors (Lipinski definition) is 2. The average Bonchev–Trinajstić information content (AvgIpc) is 2.79. The van der Waals surface area contributed by atoms with Gasteiger partial charge in [0, 0.05) is 51.7 Å². The van der Waals surface area contributed by atoms with E-state index in [2.05, 4.69) is 33.4 Å². The van der Waals surface area contributed by atoms with Crippen molar-refractivity contribution in [2.75, 3.05) is 32.7 Å². The molecule has 4 rings (SSSR count). The summed E-state index contributed by atoms with van der Waals surface area (Å²) in [5, 5.41) is 13.3. The standard InChI is InChI=1S/C23H31N5O3/c1-17-22(30)28(12-9-24-17)20-7-4-10-27(15-20)23(31)25-13-21(29)16-26-11-8-18-5-2-3-6-19(18)14-26/h2-3,5-6,9,12,20-21,29H,4,7-8,10-11,13-16H2,1H3,(H,25,31)/t20-,21+/m1/s1. The van der Waals surface area contributed by atoms with Crippen molar-refractivity contribution in [3.05, 3.63) is 63.8 Å². The number of amides is 2. The Morgan fingerprint density at radius 3 is 2.94 bits per heavy atom. The summed E-state index contributed by atoms with van der Waals surface area (Å²) in [5.74, 6) is 0. The van der Waals surface area contributed by atoms with Crippen molar-refractivity contribution in [1.29, 1.82) is 0 Å². The molecule has 1 fully saturated rings. The van der Waals surface area contributed by atoms with Gasteiger partial charge < -0.3 is 19.9 Å². The molecule has 2 N–H and O–H groups in total. The first-order valence-electron chi connectivity index (χ1n) is 11.0. The van der Waals surface area contributed by atoms with Crippen LogP contribution in [0.5, 0.6) is 0 Å². The Hall–Kier alpha value is -2.71. The SMILES string of the molecule is Cc1nccn([C@@H]2CCCN(C(=O)NC[C@H](O)CN3CCc4ccccc4C3)C2)c1=O. The third kappa shape index (κ3) is 5.14. The number of likely N-dealkylation sites (tertiary alicyclic amines) is 1. The molecule has 0 bridgehead atoms. The van der Waals surface area contributed by atoms with E-state index in [9.17, 15) is 14.7 Å². The largest absolute Gasteiger partial charge is 0.390 e. The number of aliphatic hydroxyl groups excluding tert-OH is 1. The van der Waals surface area contributed by atoms with Crippen LogP contribution in [0.3, 0.4) is 0 Å². The van der Waals surface area contributed by atoms with E-state index in [-0.39, 0.29) is 24.2 Å². The van der Waals surface area contributed by atoms with Gasteiger partial charge in [-0.1, -0.05) is 24.3 Å². The maximum atomic E-state index is 12.7. The monoisotopic (exact) mass is 425 g/mol. The summed E-state index contributed by atoms with van der Waals surface area (Å²) < 4.78 is 1.69. The predicted octanol–water partition coefficient (Wildman–Crippen LogP) is 1.32. The van der Waals surface area contributed by atoms with Gasteiger partial charge >= 0.3 is 6.03 Å². The number of fused-ring (bicyclic) bond motifs is 1. The van der Waals surface area contributed by atoms with E-state index in [1.54, 1.807) is 28.8 Å². The normalized spacial score (nSPS) is 20.2. The molecule has 0 spiro atoms. The number of rotatable bonds is 5. The molecule has 3 heterocycles. The van der Waals surface area contributed by atoms with Crippen molar-refractivity contribution < 1.29 is 9.90 Å². The van der Waals surface area contributed by atoms with Gasteiger partial charge in [-0.25, -0.2) is 4.79 Å². The van der Waals surface area contributed by atoms with E-state index in [1.807, 2.05) is 6.07 Å². The number of benzene rings is 1. The van der Waals surface area contributed by atoms with Crippen LogP contribution in [0.1, 0.15) is 35.7 Å². The van der Waals surface area contributed by atoms with Crippen LogP contribution in [0.2, 0.25) is 0 Å². The smallest absolute Gasteiger partial charge is 0.317 e. The van der Waals surface area contributed by atoms with Gasteiger partial charge in [-0.3, -0.25) is 14.7 Å². The molecule has 0 aliphatic carbocycles. The van der Waals surface area contributed by atoms with Crippen molar-refractivity contribution in [3.63, 3.8) is 0 Å². The molecule has 8 nitrogen and oxygen atoms in total. The molecule has 31 heavy (non-hydrogen) atoms. The van der Waals surface area contributed by atoms with Gasteiger partial charge in [-0.2, -0.15) is 0 Å². The molecule has 8 heteroatoms. The van der Waals surface area contributed by atoms with Gasteiger partial charge in [-0.05, 0) is 37.3 Å². The number of aryl methyl sites for hydroxylation is 1. The second kappa shape index (κ2) is 9.62. The highest BCUT2D eigenvalue weighted by Crippen LogP contribution is 2.20. The van der Waals surface area contributed by atoms with Crippen molar-refractivity contribution in [1.82, 2.24) is 24.7 Å². The lowest BCUT2D eigenvalue weighted by Crippen LogP contribution is -2.49. The van der Waals surface area contributed by atoms with E-state index < -0.39 is 6.10 Å². The van der Waals surface area contributed by atoms with Gasteiger partial charge in [0.05, 0.1) is 12.1 Å². The Morgan fingerprint density at radius 1 is 1.29 bits per heavy atom. The first-order valence-corrected chi connectivity index (χ1v) is 11.0. The molecule has 0 saturated carbocycles. The number of carbonyl (C=O) groups is 1. The van der Waals surface area contributed by atoms with E-state index >= 15 is 0 Å². The van der Waals surface area contributed by atoms with E-state index in [0.29, 0.717) is 25.3 Å². The molecule has 2 aliphatic rings. The number of nitrogens with zero attached hydrogens (tertiary/aromatic N) is 4. The van der Waals surface area contributed by atoms with Crippen LogP contribution in [-0.2, 0) is 13.0 Å². The van der Waals surface area contributed by atoms with Crippen molar-refractivity contribution in [2.45, 2.75) is 44.9 Å². The Kier molecular flexibility index (Phi) is 6.67. The topological polar surface area (TPSA) is 90.7 Å². The molecule has 1 aromatic heterocycles. The fourth-order valence-corrected chi connectivity index (χ4v) is 4.57. The molecular weight excluding hydrogens is 394 g/mol. The Bertz CT molecular complexity index is 976. The summed E-state index contributed by atoms with van der Waals surface area (Å²) >= 11 is 0. The Balaban J connectivity index is 1.26. The highest BCUT2D eigenvalue weighted by Gasteiger charge is 2.26. The van der Waals surface area contributed by atoms with Crippen LogP contribution in [0.15, 0.2) is 41.5 Å². The number of β-amino-alcohol motifs (C(OH)–C–C–N with tert-alkyl or cyclic N) is 1. The Morgan fingerprint density at radius 2 is 2.10 bits per heavy atom. The highest BCUT2D eigenvalue weighted by molar-refractivity contribution is 5.74. The summed E-state index contributed by atoms with van der Waals surface area (Å²) in [6.07, 6.45) is 5.37. The summed E-state index contributed by atoms with van der Waals surface area (Å²) in [4.78, 5) is 33.1. The third-order valence-corrected chi connectivity index (χ3v) is 6.28. The minimum atomic E-state index is -0.625. The van der Waals surface area contributed by atoms with Crippen LogP contribution >= 0.6 is 0 Å². The maximum absolute atomic E-state index is 12.7. The molecule has 2 aliphatic heterocycles. The van der Waals surface area contributed by atoms with Crippen molar-refractivity contribution >= 4 is 6.03 Å². The lowest BCUT2D eigenvalue weighted by atomic mass is 10.00. The second-order valence-electron chi connectivity index (χ2n) is 8.56. The van der Waals surface area contributed by atoms with Crippen LogP contribution in [0.25, 0.3) is 0 Å². The minimum absolute atomic E-state index is 0.0490. The molecule has 2 atom stereocenters. The molecule has 1 aromatic carbocycles. The molecule has 0 radical (unpaired) electrons. The van der Waals surface area contributed by atoms with Gasteiger partial charge in [0.25, 0.3) is 5.56 Å². The minimum Gasteiger partial charge on any atom is -0.390 e. The zero-order chi connectivity index (χ0) is 21.8. The zero-order valence-corrected chi connectivity index (χ0v) is 18.0.